The molecule has 1 rings (SSSR count). The number of hydrogen-bond acceptors (Lipinski definition) is 1. The minimum atomic E-state index is 0.765. The van der Waals surface area contributed by atoms with Crippen LogP contribution in [-0.4, -0.2) is 6.29 Å². The van der Waals surface area contributed by atoms with Gasteiger partial charge >= 0.3 is 0 Å². The number of aldehydes is 1. The summed E-state index contributed by atoms with van der Waals surface area (Å²) < 4.78 is 0. The first-order chi connectivity index (χ1) is 7.43. The van der Waals surface area contributed by atoms with E-state index in [0.717, 1.165) is 18.3 Å². The molecular formula is C14H18O. The molecular weight excluding hydrogens is 184 g/mol. The molecule has 0 bridgehead atoms. The lowest BCUT2D eigenvalue weighted by Crippen LogP contribution is -1.67. The molecule has 1 aliphatic carbocycles. The van der Waals surface area contributed by atoms with Gasteiger partial charge in [-0.15, -0.1) is 0 Å². The summed E-state index contributed by atoms with van der Waals surface area (Å²) in [5.41, 5.74) is 1.14. The number of carbonyl (C=O) groups is 1. The van der Waals surface area contributed by atoms with E-state index in [2.05, 4.69) is 18.2 Å². The highest BCUT2D eigenvalue weighted by Gasteiger charge is 1.85. The third-order valence-electron chi connectivity index (χ3n) is 1.60. The average molecular weight is 202 g/mol. The molecule has 0 saturated heterocycles. The number of carbonyl (C=O) groups excluding carboxylic acids is 1. The van der Waals surface area contributed by atoms with Crippen molar-refractivity contribution in [2.24, 2.45) is 0 Å². The summed E-state index contributed by atoms with van der Waals surface area (Å²) in [7, 11) is 0. The van der Waals surface area contributed by atoms with Gasteiger partial charge in [0.25, 0.3) is 0 Å². The van der Waals surface area contributed by atoms with Crippen molar-refractivity contribution in [1.29, 1.82) is 0 Å². The minimum absolute atomic E-state index is 0.765. The first-order valence-corrected chi connectivity index (χ1v) is 5.25. The SMILES string of the molecule is CC.O=C/C=C/C=C/C1=CC=CCC=C1. The molecule has 80 valence electrons. The van der Waals surface area contributed by atoms with E-state index in [1.54, 1.807) is 6.08 Å². The summed E-state index contributed by atoms with van der Waals surface area (Å²) >= 11 is 0. The topological polar surface area (TPSA) is 17.1 Å². The number of allylic oxidation sites excluding steroid dienone is 10. The average Bonchev–Trinajstić information content (AvgIpc) is 2.56. The molecule has 0 saturated carbocycles. The van der Waals surface area contributed by atoms with Crippen molar-refractivity contribution in [3.05, 3.63) is 60.3 Å². The van der Waals surface area contributed by atoms with Crippen molar-refractivity contribution in [3.63, 3.8) is 0 Å². The highest BCUT2D eigenvalue weighted by molar-refractivity contribution is 5.65. The number of rotatable bonds is 3. The van der Waals surface area contributed by atoms with E-state index in [0.29, 0.717) is 0 Å². The van der Waals surface area contributed by atoms with Crippen LogP contribution in [0.5, 0.6) is 0 Å². The third kappa shape index (κ3) is 7.44. The molecule has 0 aliphatic heterocycles. The summed E-state index contributed by atoms with van der Waals surface area (Å²) in [5.74, 6) is 0. The second-order valence-corrected chi connectivity index (χ2v) is 2.61. The molecule has 0 atom stereocenters. The van der Waals surface area contributed by atoms with Crippen LogP contribution in [0.2, 0.25) is 0 Å². The van der Waals surface area contributed by atoms with E-state index in [9.17, 15) is 4.79 Å². The van der Waals surface area contributed by atoms with Crippen molar-refractivity contribution in [1.82, 2.24) is 0 Å². The molecule has 0 aromatic heterocycles. The van der Waals surface area contributed by atoms with Crippen molar-refractivity contribution in [2.45, 2.75) is 20.3 Å². The molecule has 0 unspecified atom stereocenters. The molecule has 0 aromatic carbocycles. The molecule has 0 radical (unpaired) electrons. The Kier molecular flexibility index (Phi) is 9.32. The van der Waals surface area contributed by atoms with E-state index in [4.69, 9.17) is 0 Å². The predicted molar refractivity (Wildman–Crippen MR) is 66.7 cm³/mol. The largest absolute Gasteiger partial charge is 0.299 e. The Morgan fingerprint density at radius 1 is 1.13 bits per heavy atom. The fourth-order valence-corrected chi connectivity index (χ4v) is 0.983. The van der Waals surface area contributed by atoms with Gasteiger partial charge in [0.05, 0.1) is 0 Å². The Labute approximate surface area is 92.2 Å². The molecule has 1 aliphatic rings. The monoisotopic (exact) mass is 202 g/mol. The Balaban J connectivity index is 0.000000921. The van der Waals surface area contributed by atoms with Crippen LogP contribution in [0, 0.1) is 0 Å². The Hall–Kier alpha value is -1.63. The summed E-state index contributed by atoms with van der Waals surface area (Å²) in [6, 6.07) is 0. The van der Waals surface area contributed by atoms with Gasteiger partial charge in [0, 0.05) is 0 Å². The fourth-order valence-electron chi connectivity index (χ4n) is 0.983. The van der Waals surface area contributed by atoms with Gasteiger partial charge in [-0.05, 0) is 18.1 Å². The van der Waals surface area contributed by atoms with Gasteiger partial charge in [-0.1, -0.05) is 62.5 Å². The van der Waals surface area contributed by atoms with E-state index in [1.165, 1.54) is 6.08 Å². The van der Waals surface area contributed by atoms with E-state index >= 15 is 0 Å². The van der Waals surface area contributed by atoms with Gasteiger partial charge in [-0.25, -0.2) is 0 Å². The van der Waals surface area contributed by atoms with E-state index in [1.807, 2.05) is 38.2 Å². The van der Waals surface area contributed by atoms with Crippen molar-refractivity contribution < 1.29 is 4.79 Å². The van der Waals surface area contributed by atoms with Crippen LogP contribution >= 0.6 is 0 Å². The van der Waals surface area contributed by atoms with Crippen LogP contribution in [0.3, 0.4) is 0 Å². The molecule has 0 spiro atoms. The van der Waals surface area contributed by atoms with Gasteiger partial charge in [0.1, 0.15) is 6.29 Å². The highest BCUT2D eigenvalue weighted by Crippen LogP contribution is 2.05. The summed E-state index contributed by atoms with van der Waals surface area (Å²) in [4.78, 5) is 9.95. The van der Waals surface area contributed by atoms with Crippen LogP contribution in [-0.2, 0) is 4.79 Å². The second kappa shape index (κ2) is 10.5. The maximum Gasteiger partial charge on any atom is 0.142 e. The minimum Gasteiger partial charge on any atom is -0.299 e. The van der Waals surface area contributed by atoms with Gasteiger partial charge in [0.2, 0.25) is 0 Å². The van der Waals surface area contributed by atoms with E-state index in [-0.39, 0.29) is 0 Å². The normalized spacial score (nSPS) is 14.7. The smallest absolute Gasteiger partial charge is 0.142 e. The molecule has 1 heteroatoms. The maximum atomic E-state index is 9.95. The summed E-state index contributed by atoms with van der Waals surface area (Å²) in [6.45, 7) is 4.00. The van der Waals surface area contributed by atoms with Crippen LogP contribution in [0.1, 0.15) is 20.3 Å². The van der Waals surface area contributed by atoms with Gasteiger partial charge < -0.3 is 0 Å². The highest BCUT2D eigenvalue weighted by atomic mass is 16.1. The van der Waals surface area contributed by atoms with Crippen LogP contribution in [0.4, 0.5) is 0 Å². The maximum absolute atomic E-state index is 9.95. The standard InChI is InChI=1S/C12H12O.C2H6/c13-11-7-3-6-10-12-8-4-1-2-5-9-12;1-2/h1,3-11H,2H2;1-2H3/b7-3+,10-6+;. The van der Waals surface area contributed by atoms with Gasteiger partial charge in [0.15, 0.2) is 0 Å². The third-order valence-corrected chi connectivity index (χ3v) is 1.60. The molecule has 15 heavy (non-hydrogen) atoms. The molecule has 0 N–H and O–H groups in total. The molecule has 0 amide bonds. The van der Waals surface area contributed by atoms with Crippen molar-refractivity contribution >= 4 is 6.29 Å². The first kappa shape index (κ1) is 13.4. The Bertz CT molecular complexity index is 301. The van der Waals surface area contributed by atoms with Gasteiger partial charge in [-0.3, -0.25) is 4.79 Å². The van der Waals surface area contributed by atoms with Gasteiger partial charge in [-0.2, -0.15) is 0 Å². The van der Waals surface area contributed by atoms with Crippen molar-refractivity contribution in [3.8, 4) is 0 Å². The van der Waals surface area contributed by atoms with Crippen LogP contribution < -0.4 is 0 Å². The lowest BCUT2D eigenvalue weighted by Gasteiger charge is -1.87. The molecule has 0 fully saturated rings. The zero-order valence-corrected chi connectivity index (χ0v) is 9.39. The van der Waals surface area contributed by atoms with Crippen molar-refractivity contribution in [2.75, 3.05) is 0 Å². The summed E-state index contributed by atoms with van der Waals surface area (Å²) in [6.07, 6.45) is 19.1. The Morgan fingerprint density at radius 2 is 1.93 bits per heavy atom. The van der Waals surface area contributed by atoms with Crippen LogP contribution in [0.25, 0.3) is 0 Å². The molecule has 0 aromatic rings. The fraction of sp³-hybridized carbons (Fsp3) is 0.214. The molecule has 1 nitrogen and oxygen atoms in total. The van der Waals surface area contributed by atoms with Crippen LogP contribution in [0.15, 0.2) is 60.3 Å². The zero-order valence-electron chi connectivity index (χ0n) is 9.39. The number of hydrogen-bond donors (Lipinski definition) is 0. The zero-order chi connectivity index (χ0) is 11.4. The Morgan fingerprint density at radius 3 is 2.67 bits per heavy atom. The summed E-state index contributed by atoms with van der Waals surface area (Å²) in [5, 5.41) is 0. The first-order valence-electron chi connectivity index (χ1n) is 5.25. The predicted octanol–water partition coefficient (Wildman–Crippen LogP) is 3.77. The molecule has 0 heterocycles. The lowest BCUT2D eigenvalue weighted by molar-refractivity contribution is -0.104. The quantitative estimate of drug-likeness (QED) is 0.387. The lowest BCUT2D eigenvalue weighted by atomic mass is 10.2. The van der Waals surface area contributed by atoms with E-state index < -0.39 is 0 Å². The second-order valence-electron chi connectivity index (χ2n) is 2.61.